The zero-order valence-corrected chi connectivity index (χ0v) is 16.8. The number of nitrogens with zero attached hydrogens (tertiary/aromatic N) is 1. The molecular weight excluding hydrogens is 436 g/mol. The van der Waals surface area contributed by atoms with Gasteiger partial charge in [0.05, 0.1) is 4.90 Å². The highest BCUT2D eigenvalue weighted by Crippen LogP contribution is 2.20. The standard InChI is InChI=1S/C19H15F2N3O4S2/c20-14-6-11-18(17(21)12-14)30(27,28)24-19(13-4-2-1-3-5-13)23-15-7-9-16(10-8-15)29(22,25)26/h1-12H,(H,23,24)(H2,22,25,26). The van der Waals surface area contributed by atoms with Crippen molar-refractivity contribution in [3.05, 3.63) is 90.0 Å². The first-order valence-electron chi connectivity index (χ1n) is 8.31. The minimum atomic E-state index is -4.54. The van der Waals surface area contributed by atoms with E-state index in [4.69, 9.17) is 5.14 Å². The third-order valence-electron chi connectivity index (χ3n) is 3.88. The van der Waals surface area contributed by atoms with E-state index in [-0.39, 0.29) is 10.7 Å². The first-order valence-corrected chi connectivity index (χ1v) is 11.3. The maximum absolute atomic E-state index is 14.0. The Morgan fingerprint density at radius 3 is 2.07 bits per heavy atom. The topological polar surface area (TPSA) is 119 Å². The highest BCUT2D eigenvalue weighted by molar-refractivity contribution is 7.90. The van der Waals surface area contributed by atoms with Gasteiger partial charge in [0.1, 0.15) is 16.5 Å². The molecule has 0 aliphatic carbocycles. The van der Waals surface area contributed by atoms with Gasteiger partial charge < -0.3 is 5.32 Å². The van der Waals surface area contributed by atoms with Crippen molar-refractivity contribution in [3.63, 3.8) is 0 Å². The Labute approximate surface area is 172 Å². The molecule has 3 N–H and O–H groups in total. The van der Waals surface area contributed by atoms with Gasteiger partial charge in [-0.3, -0.25) is 0 Å². The van der Waals surface area contributed by atoms with Crippen LogP contribution < -0.4 is 10.5 Å². The molecule has 3 aromatic carbocycles. The summed E-state index contributed by atoms with van der Waals surface area (Å²) in [4.78, 5) is -0.920. The third kappa shape index (κ3) is 5.06. The molecule has 3 rings (SSSR count). The van der Waals surface area contributed by atoms with Crippen LogP contribution >= 0.6 is 0 Å². The molecule has 0 bridgehead atoms. The van der Waals surface area contributed by atoms with E-state index in [1.54, 1.807) is 30.3 Å². The Balaban J connectivity index is 2.05. The summed E-state index contributed by atoms with van der Waals surface area (Å²) in [5.74, 6) is -2.35. The van der Waals surface area contributed by atoms with Gasteiger partial charge in [-0.2, -0.15) is 8.42 Å². The van der Waals surface area contributed by atoms with Crippen LogP contribution in [0.1, 0.15) is 5.56 Å². The van der Waals surface area contributed by atoms with Crippen molar-refractivity contribution >= 4 is 31.6 Å². The second kappa shape index (κ2) is 8.30. The number of amidine groups is 1. The lowest BCUT2D eigenvalue weighted by molar-refractivity contribution is 0.549. The minimum Gasteiger partial charge on any atom is -0.339 e. The number of hydrogen-bond acceptors (Lipinski definition) is 4. The summed E-state index contributed by atoms with van der Waals surface area (Å²) in [6, 6.07) is 15.4. The number of primary sulfonamides is 1. The predicted octanol–water partition coefficient (Wildman–Crippen LogP) is 2.86. The molecule has 0 aromatic heterocycles. The van der Waals surface area contributed by atoms with Gasteiger partial charge >= 0.3 is 0 Å². The lowest BCUT2D eigenvalue weighted by Gasteiger charge is -2.11. The van der Waals surface area contributed by atoms with Crippen molar-refractivity contribution in [2.75, 3.05) is 5.32 Å². The normalized spacial score (nSPS) is 12.6. The van der Waals surface area contributed by atoms with Gasteiger partial charge in [-0.05, 0) is 36.4 Å². The monoisotopic (exact) mass is 451 g/mol. The van der Waals surface area contributed by atoms with Crippen molar-refractivity contribution < 1.29 is 25.6 Å². The molecular formula is C19H15F2N3O4S2. The number of nitrogens with two attached hydrogens (primary N) is 1. The van der Waals surface area contributed by atoms with Crippen LogP contribution in [0.5, 0.6) is 0 Å². The van der Waals surface area contributed by atoms with Crippen LogP contribution in [0, 0.1) is 11.6 Å². The van der Waals surface area contributed by atoms with Gasteiger partial charge in [-0.1, -0.05) is 30.3 Å². The number of benzene rings is 3. The summed E-state index contributed by atoms with van der Waals surface area (Å²) in [6.45, 7) is 0. The number of nitrogens with one attached hydrogen (secondary N) is 1. The van der Waals surface area contributed by atoms with E-state index >= 15 is 0 Å². The minimum absolute atomic E-state index is 0.132. The number of sulfonamides is 2. The van der Waals surface area contributed by atoms with E-state index in [0.29, 0.717) is 17.3 Å². The number of anilines is 1. The molecule has 30 heavy (non-hydrogen) atoms. The molecule has 0 fully saturated rings. The molecule has 0 spiro atoms. The molecule has 0 saturated carbocycles. The van der Waals surface area contributed by atoms with Crippen LogP contribution in [0.4, 0.5) is 14.5 Å². The average molecular weight is 451 g/mol. The fourth-order valence-corrected chi connectivity index (χ4v) is 4.01. The van der Waals surface area contributed by atoms with Crippen LogP contribution in [0.3, 0.4) is 0 Å². The molecule has 0 unspecified atom stereocenters. The van der Waals surface area contributed by atoms with Crippen LogP contribution in [0.15, 0.2) is 87.0 Å². The molecule has 0 aliphatic heterocycles. The smallest absolute Gasteiger partial charge is 0.287 e. The predicted molar refractivity (Wildman–Crippen MR) is 108 cm³/mol. The van der Waals surface area contributed by atoms with Crippen LogP contribution in [0.2, 0.25) is 0 Å². The Morgan fingerprint density at radius 1 is 0.867 bits per heavy atom. The Hall–Kier alpha value is -3.15. The number of hydrogen-bond donors (Lipinski definition) is 2. The van der Waals surface area contributed by atoms with Crippen LogP contribution in [-0.4, -0.2) is 22.7 Å². The van der Waals surface area contributed by atoms with E-state index in [9.17, 15) is 25.6 Å². The lowest BCUT2D eigenvalue weighted by Crippen LogP contribution is -2.17. The summed E-state index contributed by atoms with van der Waals surface area (Å²) in [5.41, 5.74) is 0.666. The van der Waals surface area contributed by atoms with Crippen LogP contribution in [-0.2, 0) is 20.0 Å². The maximum atomic E-state index is 14.0. The third-order valence-corrected chi connectivity index (χ3v) is 6.12. The molecule has 0 heterocycles. The highest BCUT2D eigenvalue weighted by Gasteiger charge is 2.21. The van der Waals surface area contributed by atoms with Gasteiger partial charge in [0.25, 0.3) is 10.0 Å². The van der Waals surface area contributed by atoms with Gasteiger partial charge in [-0.15, -0.1) is 4.40 Å². The van der Waals surface area contributed by atoms with E-state index in [1.807, 2.05) is 0 Å². The summed E-state index contributed by atoms with van der Waals surface area (Å²) in [7, 11) is -8.44. The summed E-state index contributed by atoms with van der Waals surface area (Å²) >= 11 is 0. The van der Waals surface area contributed by atoms with Crippen molar-refractivity contribution in [3.8, 4) is 0 Å². The second-order valence-corrected chi connectivity index (χ2v) is 9.18. The first kappa shape index (κ1) is 21.6. The van der Waals surface area contributed by atoms with Crippen molar-refractivity contribution in [1.29, 1.82) is 0 Å². The molecule has 0 radical (unpaired) electrons. The summed E-state index contributed by atoms with van der Waals surface area (Å²) in [5, 5.41) is 7.83. The van der Waals surface area contributed by atoms with Gasteiger partial charge in [0.15, 0.2) is 5.84 Å². The summed E-state index contributed by atoms with van der Waals surface area (Å²) in [6.07, 6.45) is 0. The molecule has 0 amide bonds. The Kier molecular flexibility index (Phi) is 5.97. The molecule has 11 heteroatoms. The van der Waals surface area contributed by atoms with Gasteiger partial charge in [0.2, 0.25) is 10.0 Å². The second-order valence-electron chi connectivity index (χ2n) is 6.05. The lowest BCUT2D eigenvalue weighted by atomic mass is 10.2. The fourth-order valence-electron chi connectivity index (χ4n) is 2.46. The maximum Gasteiger partial charge on any atom is 0.287 e. The van der Waals surface area contributed by atoms with Crippen molar-refractivity contribution in [1.82, 2.24) is 0 Å². The quantitative estimate of drug-likeness (QED) is 0.457. The first-order chi connectivity index (χ1) is 14.1. The van der Waals surface area contributed by atoms with Crippen molar-refractivity contribution in [2.24, 2.45) is 9.54 Å². The zero-order chi connectivity index (χ0) is 21.9. The molecule has 0 atom stereocenters. The Bertz CT molecular complexity index is 1310. The highest BCUT2D eigenvalue weighted by atomic mass is 32.2. The van der Waals surface area contributed by atoms with E-state index < -0.39 is 36.6 Å². The van der Waals surface area contributed by atoms with E-state index in [2.05, 4.69) is 9.71 Å². The fraction of sp³-hybridized carbons (Fsp3) is 0. The largest absolute Gasteiger partial charge is 0.339 e. The van der Waals surface area contributed by atoms with E-state index in [0.717, 1.165) is 12.1 Å². The number of rotatable bonds is 5. The average Bonchev–Trinajstić information content (AvgIpc) is 2.67. The van der Waals surface area contributed by atoms with E-state index in [1.165, 1.54) is 24.3 Å². The molecule has 0 aliphatic rings. The van der Waals surface area contributed by atoms with Crippen molar-refractivity contribution in [2.45, 2.75) is 9.79 Å². The molecule has 156 valence electrons. The Morgan fingerprint density at radius 2 is 1.50 bits per heavy atom. The van der Waals surface area contributed by atoms with Crippen LogP contribution in [0.25, 0.3) is 0 Å². The molecule has 7 nitrogen and oxygen atoms in total. The van der Waals surface area contributed by atoms with Gasteiger partial charge in [0, 0.05) is 17.3 Å². The zero-order valence-electron chi connectivity index (χ0n) is 15.2. The SMILES string of the molecule is NS(=O)(=O)c1ccc(N/C(=N\S(=O)(=O)c2ccc(F)cc2F)c2ccccc2)cc1. The van der Waals surface area contributed by atoms with Gasteiger partial charge in [-0.25, -0.2) is 22.3 Å². The molecule has 0 saturated heterocycles. The molecule has 3 aromatic rings. The summed E-state index contributed by atoms with van der Waals surface area (Å²) < 4.78 is 78.9. The number of halogens is 2.